The van der Waals surface area contributed by atoms with Crippen LogP contribution in [0, 0.1) is 0 Å². The smallest absolute Gasteiger partial charge is 0.255 e. The molecule has 1 aliphatic heterocycles. The fourth-order valence-electron chi connectivity index (χ4n) is 3.25. The molecule has 2 aliphatic rings. The highest BCUT2D eigenvalue weighted by molar-refractivity contribution is 7.77. The third-order valence-corrected chi connectivity index (χ3v) is 5.36. The van der Waals surface area contributed by atoms with Gasteiger partial charge in [-0.15, -0.1) is 0 Å². The van der Waals surface area contributed by atoms with E-state index in [1.165, 1.54) is 0 Å². The number of carbonyl (C=O) groups excluding carboxylic acids is 1. The fourth-order valence-corrected chi connectivity index (χ4v) is 3.64. The molecular weight excluding hydrogens is 386 g/mol. The summed E-state index contributed by atoms with van der Waals surface area (Å²) in [7, 11) is 0. The standard InChI is InChI=1S/C20H21N7OS/c28-20(24-14-10-27(29)11-14)15-9-22-19(7-17(15)23-13-2-3-13)26-18-4-1-12-8-21-6-5-16(12)25-18/h1,4-9,13-14,29H,2-3,10-11H2,(H,24,28)(H2,22,23,25,26). The number of aromatic nitrogens is 3. The molecule has 1 saturated heterocycles. The zero-order valence-corrected chi connectivity index (χ0v) is 16.6. The Bertz CT molecular complexity index is 1070. The van der Waals surface area contributed by atoms with Crippen molar-refractivity contribution in [1.29, 1.82) is 0 Å². The quantitative estimate of drug-likeness (QED) is 0.467. The average molecular weight is 408 g/mol. The predicted octanol–water partition coefficient (Wildman–Crippen LogP) is 2.60. The van der Waals surface area contributed by atoms with Crippen LogP contribution in [0.4, 0.5) is 17.3 Å². The summed E-state index contributed by atoms with van der Waals surface area (Å²) < 4.78 is 1.87. The normalized spacial score (nSPS) is 17.0. The van der Waals surface area contributed by atoms with Gasteiger partial charge in [0.25, 0.3) is 5.91 Å². The van der Waals surface area contributed by atoms with Gasteiger partial charge in [-0.05, 0) is 31.0 Å². The number of hydrogen-bond donors (Lipinski definition) is 4. The number of anilines is 3. The van der Waals surface area contributed by atoms with E-state index in [1.807, 2.05) is 28.6 Å². The molecule has 2 fully saturated rings. The van der Waals surface area contributed by atoms with Gasteiger partial charge in [-0.25, -0.2) is 14.3 Å². The molecule has 1 aliphatic carbocycles. The Morgan fingerprint density at radius 2 is 1.97 bits per heavy atom. The average Bonchev–Trinajstić information content (AvgIpc) is 3.51. The zero-order valence-electron chi connectivity index (χ0n) is 15.7. The van der Waals surface area contributed by atoms with Gasteiger partial charge in [-0.1, -0.05) is 12.8 Å². The van der Waals surface area contributed by atoms with Gasteiger partial charge in [0.05, 0.1) is 22.8 Å². The molecule has 0 atom stereocenters. The first kappa shape index (κ1) is 18.1. The van der Waals surface area contributed by atoms with Crippen LogP contribution in [-0.4, -0.2) is 50.3 Å². The van der Waals surface area contributed by atoms with Crippen LogP contribution in [-0.2, 0) is 0 Å². The second-order valence-corrected chi connectivity index (χ2v) is 8.03. The highest BCUT2D eigenvalue weighted by Gasteiger charge is 2.28. The molecule has 8 nitrogen and oxygen atoms in total. The highest BCUT2D eigenvalue weighted by Crippen LogP contribution is 2.29. The number of pyridine rings is 3. The minimum atomic E-state index is -0.116. The lowest BCUT2D eigenvalue weighted by atomic mass is 10.1. The monoisotopic (exact) mass is 407 g/mol. The number of thiol groups is 1. The van der Waals surface area contributed by atoms with E-state index in [0.29, 0.717) is 23.2 Å². The van der Waals surface area contributed by atoms with Gasteiger partial charge in [-0.3, -0.25) is 9.78 Å². The Kier molecular flexibility index (Phi) is 4.69. The molecule has 3 aromatic heterocycles. The van der Waals surface area contributed by atoms with Crippen molar-refractivity contribution >= 4 is 46.9 Å². The van der Waals surface area contributed by atoms with Crippen LogP contribution in [0.3, 0.4) is 0 Å². The molecule has 1 amide bonds. The van der Waals surface area contributed by atoms with Gasteiger partial charge in [0, 0.05) is 49.2 Å². The summed E-state index contributed by atoms with van der Waals surface area (Å²) in [5.41, 5.74) is 2.20. The third kappa shape index (κ3) is 4.10. The lowest BCUT2D eigenvalue weighted by Crippen LogP contribution is -2.55. The summed E-state index contributed by atoms with van der Waals surface area (Å²) in [5.74, 6) is 1.21. The fraction of sp³-hybridized carbons (Fsp3) is 0.300. The molecule has 0 aromatic carbocycles. The van der Waals surface area contributed by atoms with Gasteiger partial charge in [0.2, 0.25) is 0 Å². The third-order valence-electron chi connectivity index (χ3n) is 5.03. The molecule has 4 heterocycles. The van der Waals surface area contributed by atoms with Crippen molar-refractivity contribution < 1.29 is 4.79 Å². The molecule has 3 aromatic rings. The summed E-state index contributed by atoms with van der Waals surface area (Å²) in [4.78, 5) is 25.9. The lowest BCUT2D eigenvalue weighted by Gasteiger charge is -2.35. The molecule has 0 radical (unpaired) electrons. The molecule has 3 N–H and O–H groups in total. The first-order valence-electron chi connectivity index (χ1n) is 9.63. The number of hydrogen-bond acceptors (Lipinski definition) is 8. The van der Waals surface area contributed by atoms with Gasteiger partial charge < -0.3 is 16.0 Å². The largest absolute Gasteiger partial charge is 0.382 e. The van der Waals surface area contributed by atoms with Crippen molar-refractivity contribution in [2.24, 2.45) is 0 Å². The van der Waals surface area contributed by atoms with Crippen LogP contribution >= 0.6 is 12.8 Å². The van der Waals surface area contributed by atoms with Crippen LogP contribution in [0.2, 0.25) is 0 Å². The molecule has 0 unspecified atom stereocenters. The van der Waals surface area contributed by atoms with E-state index in [4.69, 9.17) is 0 Å². The first-order chi connectivity index (χ1) is 14.1. The molecular formula is C20H21N7OS. The van der Waals surface area contributed by atoms with E-state index in [9.17, 15) is 4.79 Å². The zero-order chi connectivity index (χ0) is 19.8. The highest BCUT2D eigenvalue weighted by atomic mass is 32.1. The van der Waals surface area contributed by atoms with E-state index in [-0.39, 0.29) is 11.9 Å². The van der Waals surface area contributed by atoms with Crippen molar-refractivity contribution in [3.8, 4) is 0 Å². The van der Waals surface area contributed by atoms with E-state index in [1.54, 1.807) is 18.6 Å². The van der Waals surface area contributed by atoms with Crippen molar-refractivity contribution in [1.82, 2.24) is 24.6 Å². The summed E-state index contributed by atoms with van der Waals surface area (Å²) >= 11 is 4.25. The summed E-state index contributed by atoms with van der Waals surface area (Å²) in [6, 6.07) is 8.14. The molecule has 9 heteroatoms. The Balaban J connectivity index is 1.37. The van der Waals surface area contributed by atoms with Crippen molar-refractivity contribution in [3.63, 3.8) is 0 Å². The molecule has 5 rings (SSSR count). The maximum atomic E-state index is 12.7. The number of nitrogens with one attached hydrogen (secondary N) is 3. The lowest BCUT2D eigenvalue weighted by molar-refractivity contribution is 0.0902. The minimum absolute atomic E-state index is 0.116. The van der Waals surface area contributed by atoms with Gasteiger partial charge in [0.15, 0.2) is 0 Å². The Morgan fingerprint density at radius 1 is 1.10 bits per heavy atom. The van der Waals surface area contributed by atoms with E-state index in [0.717, 1.165) is 42.5 Å². The number of fused-ring (bicyclic) bond motifs is 1. The van der Waals surface area contributed by atoms with Crippen molar-refractivity contribution in [3.05, 3.63) is 48.4 Å². The summed E-state index contributed by atoms with van der Waals surface area (Å²) in [6.45, 7) is 1.49. The van der Waals surface area contributed by atoms with Crippen LogP contribution < -0.4 is 16.0 Å². The van der Waals surface area contributed by atoms with Crippen LogP contribution in [0.1, 0.15) is 23.2 Å². The maximum Gasteiger partial charge on any atom is 0.255 e. The SMILES string of the molecule is O=C(NC1CN(S)C1)c1cnc(Nc2ccc3cnccc3n2)cc1NC1CC1. The minimum Gasteiger partial charge on any atom is -0.382 e. The number of rotatable bonds is 6. The first-order valence-corrected chi connectivity index (χ1v) is 10.0. The Labute approximate surface area is 173 Å². The van der Waals surface area contributed by atoms with Gasteiger partial charge >= 0.3 is 0 Å². The maximum absolute atomic E-state index is 12.7. The van der Waals surface area contributed by atoms with Crippen molar-refractivity contribution in [2.45, 2.75) is 24.9 Å². The summed E-state index contributed by atoms with van der Waals surface area (Å²) in [5, 5.41) is 10.7. The molecule has 1 saturated carbocycles. The van der Waals surface area contributed by atoms with Gasteiger partial charge in [0.1, 0.15) is 11.6 Å². The topological polar surface area (TPSA) is 95.1 Å². The van der Waals surface area contributed by atoms with Crippen LogP contribution in [0.25, 0.3) is 10.9 Å². The summed E-state index contributed by atoms with van der Waals surface area (Å²) in [6.07, 6.45) is 7.35. The molecule has 148 valence electrons. The molecule has 0 spiro atoms. The Morgan fingerprint density at radius 3 is 2.76 bits per heavy atom. The van der Waals surface area contributed by atoms with Crippen LogP contribution in [0.15, 0.2) is 42.9 Å². The molecule has 0 bridgehead atoms. The second kappa shape index (κ2) is 7.49. The van der Waals surface area contributed by atoms with E-state index >= 15 is 0 Å². The number of nitrogens with zero attached hydrogens (tertiary/aromatic N) is 4. The van der Waals surface area contributed by atoms with Crippen molar-refractivity contribution in [2.75, 3.05) is 23.7 Å². The number of carbonyl (C=O) groups is 1. The van der Waals surface area contributed by atoms with Crippen LogP contribution in [0.5, 0.6) is 0 Å². The van der Waals surface area contributed by atoms with E-state index in [2.05, 4.69) is 43.7 Å². The molecule has 29 heavy (non-hydrogen) atoms. The predicted molar refractivity (Wildman–Crippen MR) is 116 cm³/mol. The van der Waals surface area contributed by atoms with Gasteiger partial charge in [-0.2, -0.15) is 0 Å². The number of amides is 1. The second-order valence-electron chi connectivity index (χ2n) is 7.47. The Hall–Kier alpha value is -2.91. The van der Waals surface area contributed by atoms with E-state index < -0.39 is 0 Å².